The molecule has 39 heavy (non-hydrogen) atoms. The Morgan fingerprint density at radius 1 is 0.615 bits per heavy atom. The Hall–Kier alpha value is -2.08. The number of hydrogen-bond donors (Lipinski definition) is 0. The van der Waals surface area contributed by atoms with Crippen molar-refractivity contribution in [3.63, 3.8) is 0 Å². The van der Waals surface area contributed by atoms with Crippen LogP contribution in [0.3, 0.4) is 0 Å². The number of rotatable bonds is 10. The monoisotopic (exact) mass is 518 g/mol. The van der Waals surface area contributed by atoms with E-state index < -0.39 is 0 Å². The second kappa shape index (κ2) is 10.1. The van der Waals surface area contributed by atoms with Crippen LogP contribution in [-0.4, -0.2) is 0 Å². The summed E-state index contributed by atoms with van der Waals surface area (Å²) >= 11 is 0. The lowest BCUT2D eigenvalue weighted by molar-refractivity contribution is 0.331. The fraction of sp³-hybridized carbons (Fsp3) is 0.590. The standard InChI is InChI=1S/C39H50/c1-5-29-23-35-36-24-30(6-2)26(4)18-38(36)39(37(35)17-25(29)3,15-7-9-31-19-27-11-13-33(31)21-27)16-8-10-32-20-28-12-14-34(32)22-28/h11-14,17-18,23-24,27-28,31-34H,5-10,15-16,19-22H2,1-4H3. The summed E-state index contributed by atoms with van der Waals surface area (Å²) in [5.74, 6) is 5.41. The molecule has 0 amide bonds. The summed E-state index contributed by atoms with van der Waals surface area (Å²) < 4.78 is 0. The highest BCUT2D eigenvalue weighted by Crippen LogP contribution is 2.57. The maximum absolute atomic E-state index is 2.65. The van der Waals surface area contributed by atoms with Crippen molar-refractivity contribution in [2.75, 3.05) is 0 Å². The van der Waals surface area contributed by atoms with Crippen molar-refractivity contribution in [2.45, 2.75) is 110 Å². The van der Waals surface area contributed by atoms with Gasteiger partial charge in [-0.3, -0.25) is 0 Å². The summed E-state index contributed by atoms with van der Waals surface area (Å²) in [5.41, 5.74) is 12.8. The van der Waals surface area contributed by atoms with Crippen LogP contribution in [0.5, 0.6) is 0 Å². The molecule has 5 aliphatic rings. The van der Waals surface area contributed by atoms with Gasteiger partial charge in [0.1, 0.15) is 0 Å². The van der Waals surface area contributed by atoms with Gasteiger partial charge in [-0.05, 0) is 158 Å². The van der Waals surface area contributed by atoms with Gasteiger partial charge in [0.05, 0.1) is 0 Å². The first-order valence-corrected chi connectivity index (χ1v) is 16.6. The highest BCUT2D eigenvalue weighted by molar-refractivity contribution is 5.83. The summed E-state index contributed by atoms with van der Waals surface area (Å²) in [4.78, 5) is 0. The highest BCUT2D eigenvalue weighted by atomic mass is 14.5. The van der Waals surface area contributed by atoms with Crippen LogP contribution in [-0.2, 0) is 18.3 Å². The molecule has 4 bridgehead atoms. The van der Waals surface area contributed by atoms with E-state index in [1.165, 1.54) is 86.5 Å². The van der Waals surface area contributed by atoms with Crippen molar-refractivity contribution in [3.05, 3.63) is 82.0 Å². The molecule has 0 radical (unpaired) electrons. The van der Waals surface area contributed by atoms with Gasteiger partial charge in [0.25, 0.3) is 0 Å². The Labute approximate surface area is 238 Å². The zero-order valence-corrected chi connectivity index (χ0v) is 25.1. The van der Waals surface area contributed by atoms with Gasteiger partial charge in [-0.15, -0.1) is 0 Å². The van der Waals surface area contributed by atoms with E-state index in [9.17, 15) is 0 Å². The predicted octanol–water partition coefficient (Wildman–Crippen LogP) is 10.5. The van der Waals surface area contributed by atoms with Crippen LogP contribution in [0, 0.1) is 49.4 Å². The Morgan fingerprint density at radius 2 is 1.08 bits per heavy atom. The second-order valence-corrected chi connectivity index (χ2v) is 14.3. The zero-order valence-electron chi connectivity index (χ0n) is 25.1. The van der Waals surface area contributed by atoms with Gasteiger partial charge < -0.3 is 0 Å². The minimum atomic E-state index is 0.194. The molecule has 0 N–H and O–H groups in total. The molecular formula is C39H50. The van der Waals surface area contributed by atoms with Crippen molar-refractivity contribution in [3.8, 4) is 11.1 Å². The SMILES string of the molecule is CCc1cc2c(cc1C)C(CCCC1CC3C=CC1C3)(CCCC1CC3C=CC1C3)c1cc(C)c(CC)cc1-2. The molecular weight excluding hydrogens is 468 g/mol. The Balaban J connectivity index is 1.24. The number of allylic oxidation sites excluding steroid dienone is 4. The van der Waals surface area contributed by atoms with Gasteiger partial charge in [-0.2, -0.15) is 0 Å². The molecule has 0 aromatic heterocycles. The van der Waals surface area contributed by atoms with E-state index in [-0.39, 0.29) is 5.41 Å². The van der Waals surface area contributed by atoms with E-state index >= 15 is 0 Å². The quantitative estimate of drug-likeness (QED) is 0.274. The summed E-state index contributed by atoms with van der Waals surface area (Å²) in [6.07, 6.45) is 26.5. The van der Waals surface area contributed by atoms with E-state index in [2.05, 4.69) is 76.3 Å². The lowest BCUT2D eigenvalue weighted by atomic mass is 9.69. The minimum absolute atomic E-state index is 0.194. The van der Waals surface area contributed by atoms with E-state index in [0.717, 1.165) is 48.3 Å². The minimum Gasteiger partial charge on any atom is -0.0851 e. The molecule has 6 unspecified atom stereocenters. The van der Waals surface area contributed by atoms with Gasteiger partial charge >= 0.3 is 0 Å². The van der Waals surface area contributed by atoms with E-state index in [4.69, 9.17) is 0 Å². The number of aryl methyl sites for hydroxylation is 4. The van der Waals surface area contributed by atoms with Crippen molar-refractivity contribution < 1.29 is 0 Å². The molecule has 206 valence electrons. The van der Waals surface area contributed by atoms with E-state index in [1.54, 1.807) is 22.3 Å². The summed E-state index contributed by atoms with van der Waals surface area (Å²) in [5, 5.41) is 0. The Bertz CT molecular complexity index is 1200. The van der Waals surface area contributed by atoms with Gasteiger partial charge in [-0.1, -0.05) is 75.3 Å². The molecule has 0 aliphatic heterocycles. The van der Waals surface area contributed by atoms with Crippen LogP contribution < -0.4 is 0 Å². The average molecular weight is 519 g/mol. The molecule has 2 saturated carbocycles. The number of benzene rings is 2. The van der Waals surface area contributed by atoms with Crippen molar-refractivity contribution in [1.29, 1.82) is 0 Å². The van der Waals surface area contributed by atoms with Gasteiger partial charge in [-0.25, -0.2) is 0 Å². The van der Waals surface area contributed by atoms with Crippen LogP contribution in [0.2, 0.25) is 0 Å². The largest absolute Gasteiger partial charge is 0.0851 e. The van der Waals surface area contributed by atoms with Crippen LogP contribution in [0.25, 0.3) is 11.1 Å². The Morgan fingerprint density at radius 3 is 1.44 bits per heavy atom. The first-order chi connectivity index (χ1) is 19.0. The predicted molar refractivity (Wildman–Crippen MR) is 166 cm³/mol. The molecule has 0 spiro atoms. The third-order valence-corrected chi connectivity index (χ3v) is 12.2. The second-order valence-electron chi connectivity index (χ2n) is 14.3. The third-order valence-electron chi connectivity index (χ3n) is 12.2. The fourth-order valence-corrected chi connectivity index (χ4v) is 10.1. The van der Waals surface area contributed by atoms with Crippen LogP contribution >= 0.6 is 0 Å². The molecule has 0 heteroatoms. The fourth-order valence-electron chi connectivity index (χ4n) is 10.1. The number of fused-ring (bicyclic) bond motifs is 7. The Kier molecular flexibility index (Phi) is 6.68. The molecule has 2 fully saturated rings. The summed E-state index contributed by atoms with van der Waals surface area (Å²) in [7, 11) is 0. The molecule has 2 aromatic carbocycles. The summed E-state index contributed by atoms with van der Waals surface area (Å²) in [6, 6.07) is 10.5. The maximum atomic E-state index is 2.65. The van der Waals surface area contributed by atoms with Gasteiger partial charge in [0, 0.05) is 5.41 Å². The highest BCUT2D eigenvalue weighted by Gasteiger charge is 2.44. The molecule has 0 heterocycles. The molecule has 5 aliphatic carbocycles. The molecule has 2 aromatic rings. The smallest absolute Gasteiger partial charge is 0.0215 e. The van der Waals surface area contributed by atoms with Crippen LogP contribution in [0.15, 0.2) is 48.6 Å². The molecule has 6 atom stereocenters. The lowest BCUT2D eigenvalue weighted by Crippen LogP contribution is -2.27. The van der Waals surface area contributed by atoms with Crippen molar-refractivity contribution in [2.24, 2.45) is 35.5 Å². The molecule has 0 nitrogen and oxygen atoms in total. The van der Waals surface area contributed by atoms with Gasteiger partial charge in [0.15, 0.2) is 0 Å². The number of hydrogen-bond acceptors (Lipinski definition) is 0. The van der Waals surface area contributed by atoms with Crippen molar-refractivity contribution in [1.82, 2.24) is 0 Å². The van der Waals surface area contributed by atoms with E-state index in [0.29, 0.717) is 0 Å². The third kappa shape index (κ3) is 4.31. The zero-order chi connectivity index (χ0) is 26.7. The maximum Gasteiger partial charge on any atom is 0.0215 e. The van der Waals surface area contributed by atoms with Gasteiger partial charge in [0.2, 0.25) is 0 Å². The topological polar surface area (TPSA) is 0 Å². The molecule has 7 rings (SSSR count). The van der Waals surface area contributed by atoms with Crippen molar-refractivity contribution >= 4 is 0 Å². The van der Waals surface area contributed by atoms with E-state index in [1.807, 2.05) is 0 Å². The lowest BCUT2D eigenvalue weighted by Gasteiger charge is -2.35. The van der Waals surface area contributed by atoms with Crippen LogP contribution in [0.4, 0.5) is 0 Å². The summed E-state index contributed by atoms with van der Waals surface area (Å²) in [6.45, 7) is 9.41. The average Bonchev–Trinajstić information content (AvgIpc) is 3.77. The first kappa shape index (κ1) is 25.9. The first-order valence-electron chi connectivity index (χ1n) is 16.6. The normalized spacial score (nSPS) is 30.5. The van der Waals surface area contributed by atoms with Crippen LogP contribution in [0.1, 0.15) is 111 Å². The molecule has 0 saturated heterocycles.